The molecular formula is C22H24N4O4. The number of carbonyl (C=O) groups is 3. The zero-order valence-electron chi connectivity index (χ0n) is 17.1. The van der Waals surface area contributed by atoms with E-state index in [1.165, 1.54) is 9.80 Å². The Bertz CT molecular complexity index is 969. The maximum atomic E-state index is 12.5. The van der Waals surface area contributed by atoms with Crippen LogP contribution >= 0.6 is 0 Å². The molecule has 1 saturated heterocycles. The second-order valence-electron chi connectivity index (χ2n) is 7.86. The van der Waals surface area contributed by atoms with Crippen molar-refractivity contribution in [3.05, 3.63) is 47.9 Å². The Kier molecular flexibility index (Phi) is 5.48. The van der Waals surface area contributed by atoms with Crippen molar-refractivity contribution in [2.45, 2.75) is 32.7 Å². The van der Waals surface area contributed by atoms with E-state index in [-0.39, 0.29) is 49.1 Å². The van der Waals surface area contributed by atoms with Crippen molar-refractivity contribution < 1.29 is 18.9 Å². The first-order valence-electron chi connectivity index (χ1n) is 10.1. The molecule has 2 heterocycles. The molecule has 1 fully saturated rings. The number of hydrogen-bond donors (Lipinski definition) is 0. The van der Waals surface area contributed by atoms with E-state index in [1.807, 2.05) is 43.3 Å². The molecule has 0 unspecified atom stereocenters. The molecule has 8 heteroatoms. The minimum absolute atomic E-state index is 0.0693. The Morgan fingerprint density at radius 3 is 2.40 bits per heavy atom. The van der Waals surface area contributed by atoms with Crippen LogP contribution in [0.2, 0.25) is 0 Å². The second-order valence-corrected chi connectivity index (χ2v) is 7.86. The molecule has 1 aliphatic carbocycles. The number of nitrogens with zero attached hydrogens (tertiary/aromatic N) is 4. The minimum Gasteiger partial charge on any atom is -0.337 e. The lowest BCUT2D eigenvalue weighted by Gasteiger charge is -2.18. The zero-order chi connectivity index (χ0) is 21.3. The van der Waals surface area contributed by atoms with E-state index in [0.29, 0.717) is 24.6 Å². The fourth-order valence-corrected chi connectivity index (χ4v) is 3.92. The molecule has 2 aliphatic rings. The topological polar surface area (TPSA) is 96.6 Å². The predicted molar refractivity (Wildman–Crippen MR) is 108 cm³/mol. The summed E-state index contributed by atoms with van der Waals surface area (Å²) in [5.74, 6) is -0.266. The lowest BCUT2D eigenvalue weighted by atomic mass is 9.85. The largest absolute Gasteiger partial charge is 0.337 e. The van der Waals surface area contributed by atoms with Crippen LogP contribution in [0.15, 0.2) is 40.9 Å². The van der Waals surface area contributed by atoms with Crippen LogP contribution < -0.4 is 0 Å². The van der Waals surface area contributed by atoms with Crippen LogP contribution in [0.4, 0.5) is 0 Å². The van der Waals surface area contributed by atoms with Gasteiger partial charge in [-0.1, -0.05) is 47.1 Å². The molecule has 1 aromatic carbocycles. The van der Waals surface area contributed by atoms with E-state index in [4.69, 9.17) is 4.52 Å². The van der Waals surface area contributed by atoms with Gasteiger partial charge in [-0.15, -0.1) is 0 Å². The smallest absolute Gasteiger partial charge is 0.246 e. The number of fused-ring (bicyclic) bond motifs is 1. The summed E-state index contributed by atoms with van der Waals surface area (Å²) < 4.78 is 5.27. The van der Waals surface area contributed by atoms with Gasteiger partial charge in [-0.2, -0.15) is 4.98 Å². The first-order valence-corrected chi connectivity index (χ1v) is 10.1. The van der Waals surface area contributed by atoms with Crippen molar-refractivity contribution in [2.24, 2.45) is 11.8 Å². The van der Waals surface area contributed by atoms with Gasteiger partial charge in [0.05, 0.1) is 18.4 Å². The summed E-state index contributed by atoms with van der Waals surface area (Å²) in [6.07, 6.45) is 5.16. The first kappa shape index (κ1) is 20.0. The number of carbonyl (C=O) groups excluding carboxylic acids is 3. The molecule has 2 aromatic rings. The number of aryl methyl sites for hydroxylation is 1. The normalized spacial score (nSPS) is 20.5. The molecule has 0 spiro atoms. The van der Waals surface area contributed by atoms with Crippen molar-refractivity contribution in [3.63, 3.8) is 0 Å². The Hall–Kier alpha value is -3.29. The number of benzene rings is 1. The molecule has 156 valence electrons. The molecule has 1 aromatic heterocycles. The third kappa shape index (κ3) is 3.90. The van der Waals surface area contributed by atoms with Crippen LogP contribution in [-0.4, -0.2) is 51.3 Å². The number of rotatable bonds is 6. The van der Waals surface area contributed by atoms with E-state index >= 15 is 0 Å². The first-order chi connectivity index (χ1) is 14.4. The fraction of sp³-hybridized carbons (Fsp3) is 0.409. The lowest BCUT2D eigenvalue weighted by Crippen LogP contribution is -2.36. The van der Waals surface area contributed by atoms with Crippen LogP contribution in [0.25, 0.3) is 11.4 Å². The zero-order valence-corrected chi connectivity index (χ0v) is 17.1. The Morgan fingerprint density at radius 2 is 1.77 bits per heavy atom. The number of hydrogen-bond acceptors (Lipinski definition) is 6. The Balaban J connectivity index is 1.32. The third-order valence-electron chi connectivity index (χ3n) is 5.72. The van der Waals surface area contributed by atoms with Gasteiger partial charge >= 0.3 is 0 Å². The summed E-state index contributed by atoms with van der Waals surface area (Å²) in [6.45, 7) is 2.27. The van der Waals surface area contributed by atoms with E-state index in [9.17, 15) is 14.4 Å². The molecule has 8 nitrogen and oxygen atoms in total. The average Bonchev–Trinajstić information content (AvgIpc) is 3.30. The van der Waals surface area contributed by atoms with Gasteiger partial charge in [-0.25, -0.2) is 0 Å². The van der Waals surface area contributed by atoms with Gasteiger partial charge in [-0.05, 0) is 19.8 Å². The number of imide groups is 1. The highest BCUT2D eigenvalue weighted by Gasteiger charge is 2.46. The fourth-order valence-electron chi connectivity index (χ4n) is 3.92. The molecule has 3 amide bonds. The maximum absolute atomic E-state index is 12.5. The molecule has 2 atom stereocenters. The van der Waals surface area contributed by atoms with Crippen LogP contribution in [-0.2, 0) is 20.9 Å². The summed E-state index contributed by atoms with van der Waals surface area (Å²) in [5, 5.41) is 3.97. The van der Waals surface area contributed by atoms with Gasteiger partial charge in [0.25, 0.3) is 0 Å². The summed E-state index contributed by atoms with van der Waals surface area (Å²) in [5.41, 5.74) is 1.98. The van der Waals surface area contributed by atoms with Crippen molar-refractivity contribution in [1.82, 2.24) is 19.9 Å². The maximum Gasteiger partial charge on any atom is 0.246 e. The van der Waals surface area contributed by atoms with E-state index in [1.54, 1.807) is 7.05 Å². The van der Waals surface area contributed by atoms with Gasteiger partial charge in [0.15, 0.2) is 0 Å². The van der Waals surface area contributed by atoms with Crippen molar-refractivity contribution in [3.8, 4) is 11.4 Å². The van der Waals surface area contributed by atoms with Crippen molar-refractivity contribution in [1.29, 1.82) is 0 Å². The lowest BCUT2D eigenvalue weighted by molar-refractivity contribution is -0.140. The number of amides is 3. The van der Waals surface area contributed by atoms with Crippen LogP contribution in [0.5, 0.6) is 0 Å². The van der Waals surface area contributed by atoms with Crippen LogP contribution in [0.3, 0.4) is 0 Å². The predicted octanol–water partition coefficient (Wildman–Crippen LogP) is 2.34. The van der Waals surface area contributed by atoms with Gasteiger partial charge in [0, 0.05) is 25.6 Å². The molecule has 4 rings (SSSR count). The Labute approximate surface area is 174 Å². The highest BCUT2D eigenvalue weighted by atomic mass is 16.5. The average molecular weight is 408 g/mol. The van der Waals surface area contributed by atoms with E-state index in [0.717, 1.165) is 11.1 Å². The minimum atomic E-state index is -0.270. The molecule has 0 saturated carbocycles. The third-order valence-corrected chi connectivity index (χ3v) is 5.72. The molecule has 0 radical (unpaired) electrons. The van der Waals surface area contributed by atoms with Crippen LogP contribution in [0, 0.1) is 18.8 Å². The molecular weight excluding hydrogens is 384 g/mol. The highest BCUT2D eigenvalue weighted by Crippen LogP contribution is 2.35. The molecule has 0 N–H and O–H groups in total. The van der Waals surface area contributed by atoms with Crippen LogP contribution in [0.1, 0.15) is 30.7 Å². The van der Waals surface area contributed by atoms with E-state index < -0.39 is 0 Å². The quantitative estimate of drug-likeness (QED) is 0.538. The SMILES string of the molecule is Cc1ccc(-c2noc(CN(C)C(=O)CCN3C(=O)[C@@H]4CC=CC[C@H]4C3=O)n2)cc1. The number of allylic oxidation sites excluding steroid dienone is 2. The van der Waals surface area contributed by atoms with Gasteiger partial charge in [0.1, 0.15) is 0 Å². The molecule has 1 aliphatic heterocycles. The molecule has 30 heavy (non-hydrogen) atoms. The standard InChI is InChI=1S/C22H24N4O4/c1-14-7-9-15(10-8-14)20-23-18(30-24-20)13-25(2)19(27)11-12-26-21(28)16-5-3-4-6-17(16)22(26)29/h3-4,7-10,16-17H,5-6,11-13H2,1-2H3/t16-,17-/m1/s1. The number of likely N-dealkylation sites (tertiary alicyclic amines) is 1. The van der Waals surface area contributed by atoms with Crippen molar-refractivity contribution >= 4 is 17.7 Å². The van der Waals surface area contributed by atoms with E-state index in [2.05, 4.69) is 10.1 Å². The summed E-state index contributed by atoms with van der Waals surface area (Å²) in [4.78, 5) is 44.6. The number of aromatic nitrogens is 2. The molecule has 0 bridgehead atoms. The summed E-state index contributed by atoms with van der Waals surface area (Å²) >= 11 is 0. The van der Waals surface area contributed by atoms with Crippen molar-refractivity contribution in [2.75, 3.05) is 13.6 Å². The van der Waals surface area contributed by atoms with Gasteiger partial charge < -0.3 is 9.42 Å². The summed E-state index contributed by atoms with van der Waals surface area (Å²) in [6, 6.07) is 7.76. The monoisotopic (exact) mass is 408 g/mol. The highest BCUT2D eigenvalue weighted by molar-refractivity contribution is 6.05. The van der Waals surface area contributed by atoms with Gasteiger partial charge in [-0.3, -0.25) is 19.3 Å². The summed E-state index contributed by atoms with van der Waals surface area (Å²) in [7, 11) is 1.63. The second kappa shape index (κ2) is 8.22. The Morgan fingerprint density at radius 1 is 1.13 bits per heavy atom. The van der Waals surface area contributed by atoms with Gasteiger partial charge in [0.2, 0.25) is 29.4 Å².